The number of halogens is 1. The summed E-state index contributed by atoms with van der Waals surface area (Å²) in [6.07, 6.45) is 10.9. The number of hydrogen-bond acceptors (Lipinski definition) is 5. The molecule has 1 amide bonds. The number of fused-ring (bicyclic) bond motifs is 1. The predicted octanol–water partition coefficient (Wildman–Crippen LogP) is 5.02. The summed E-state index contributed by atoms with van der Waals surface area (Å²) in [5, 5.41) is 9.78. The van der Waals surface area contributed by atoms with Crippen molar-refractivity contribution in [3.8, 4) is 11.1 Å². The summed E-state index contributed by atoms with van der Waals surface area (Å²) in [4.78, 5) is 22.3. The molecular weight excluding hydrogens is 479 g/mol. The lowest BCUT2D eigenvalue weighted by molar-refractivity contribution is -0.121. The van der Waals surface area contributed by atoms with Crippen molar-refractivity contribution >= 4 is 22.5 Å². The number of benzene rings is 1. The molecule has 7 nitrogen and oxygen atoms in total. The predicted molar refractivity (Wildman–Crippen MR) is 148 cm³/mol. The van der Waals surface area contributed by atoms with Crippen molar-refractivity contribution in [2.75, 3.05) is 38.0 Å². The zero-order valence-corrected chi connectivity index (χ0v) is 22.4. The zero-order valence-electron chi connectivity index (χ0n) is 22.4. The van der Waals surface area contributed by atoms with E-state index in [0.717, 1.165) is 68.2 Å². The Balaban J connectivity index is 1.11. The van der Waals surface area contributed by atoms with E-state index in [0.29, 0.717) is 24.8 Å². The maximum Gasteiger partial charge on any atom is 0.228 e. The second kappa shape index (κ2) is 11.1. The fourth-order valence-electron chi connectivity index (χ4n) is 6.45. The van der Waals surface area contributed by atoms with E-state index in [1.54, 1.807) is 0 Å². The molecule has 6 rings (SSSR count). The molecule has 3 aromatic rings. The number of likely N-dealkylation sites (tertiary alicyclic amines) is 2. The van der Waals surface area contributed by atoms with Crippen molar-refractivity contribution in [3.63, 3.8) is 0 Å². The van der Waals surface area contributed by atoms with Gasteiger partial charge in [-0.25, -0.2) is 9.37 Å². The number of aryl methyl sites for hydroxylation is 1. The number of amides is 1. The van der Waals surface area contributed by atoms with Crippen LogP contribution < -0.4 is 5.32 Å². The van der Waals surface area contributed by atoms with Crippen LogP contribution in [-0.2, 0) is 18.4 Å². The van der Waals surface area contributed by atoms with Crippen molar-refractivity contribution in [3.05, 3.63) is 42.4 Å². The molecule has 0 unspecified atom stereocenters. The van der Waals surface area contributed by atoms with Crippen molar-refractivity contribution in [1.82, 2.24) is 24.6 Å². The number of nitrogens with one attached hydrogen (secondary N) is 1. The van der Waals surface area contributed by atoms with Crippen LogP contribution in [0.3, 0.4) is 0 Å². The summed E-state index contributed by atoms with van der Waals surface area (Å²) in [6.45, 7) is 5.35. The van der Waals surface area contributed by atoms with Gasteiger partial charge in [0.05, 0.1) is 11.9 Å². The number of anilines is 1. The first kappa shape index (κ1) is 25.4. The van der Waals surface area contributed by atoms with Gasteiger partial charge < -0.3 is 5.32 Å². The molecule has 0 atom stereocenters. The SMILES string of the molecule is Cn1ncc(-c2ccc3cnc(NC(=O)[C@H]4CC[C@H](CN5CC(F)C5)CC4)cc3c2)c1CN1CCCCC1. The number of carbonyl (C=O) groups excluding carboxylic acids is 1. The van der Waals surface area contributed by atoms with Crippen molar-refractivity contribution in [2.24, 2.45) is 18.9 Å². The summed E-state index contributed by atoms with van der Waals surface area (Å²) in [5.41, 5.74) is 3.54. The highest BCUT2D eigenvalue weighted by Crippen LogP contribution is 2.32. The number of rotatable bonds is 7. The normalized spacial score (nSPS) is 23.4. The van der Waals surface area contributed by atoms with Crippen LogP contribution in [0.15, 0.2) is 36.7 Å². The van der Waals surface area contributed by atoms with Crippen LogP contribution in [0.25, 0.3) is 21.9 Å². The summed E-state index contributed by atoms with van der Waals surface area (Å²) < 4.78 is 15.1. The standard InChI is InChI=1S/C30H39FN6O/c1-35-28(20-36-11-3-2-4-12-36)27(16-33-35)23-9-10-24-15-32-29(14-25(24)13-23)34-30(38)22-7-5-21(6-8-22)17-37-18-26(31)19-37/h9-10,13-16,21-22,26H,2-8,11-12,17-20H2,1H3,(H,32,34,38)/t21-,22-. The van der Waals surface area contributed by atoms with E-state index in [-0.39, 0.29) is 11.8 Å². The van der Waals surface area contributed by atoms with E-state index in [1.165, 1.54) is 30.5 Å². The molecule has 0 spiro atoms. The monoisotopic (exact) mass is 518 g/mol. The molecule has 1 N–H and O–H groups in total. The van der Waals surface area contributed by atoms with E-state index in [2.05, 4.69) is 43.4 Å². The minimum Gasteiger partial charge on any atom is -0.310 e. The maximum atomic E-state index is 13.1. The highest BCUT2D eigenvalue weighted by Gasteiger charge is 2.32. The van der Waals surface area contributed by atoms with Crippen molar-refractivity contribution in [1.29, 1.82) is 0 Å². The molecule has 3 aliphatic rings. The average molecular weight is 519 g/mol. The highest BCUT2D eigenvalue weighted by atomic mass is 19.1. The first-order valence-electron chi connectivity index (χ1n) is 14.3. The summed E-state index contributed by atoms with van der Waals surface area (Å²) in [7, 11) is 2.03. The van der Waals surface area contributed by atoms with Gasteiger partial charge in [-0.2, -0.15) is 5.10 Å². The molecule has 202 valence electrons. The smallest absolute Gasteiger partial charge is 0.228 e. The Hall–Kier alpha value is -2.84. The van der Waals surface area contributed by atoms with Crippen molar-refractivity contribution < 1.29 is 9.18 Å². The number of carbonyl (C=O) groups is 1. The third kappa shape index (κ3) is 5.61. The van der Waals surface area contributed by atoms with E-state index in [9.17, 15) is 9.18 Å². The molecule has 8 heteroatoms. The van der Waals surface area contributed by atoms with Crippen LogP contribution in [0.2, 0.25) is 0 Å². The number of piperidine rings is 1. The Morgan fingerprint density at radius 1 is 1.00 bits per heavy atom. The fraction of sp³-hybridized carbons (Fsp3) is 0.567. The first-order chi connectivity index (χ1) is 18.5. The van der Waals surface area contributed by atoms with Gasteiger partial charge in [-0.3, -0.25) is 19.3 Å². The molecule has 1 aliphatic carbocycles. The van der Waals surface area contributed by atoms with Crippen LogP contribution in [0, 0.1) is 11.8 Å². The molecule has 1 aromatic carbocycles. The quantitative estimate of drug-likeness (QED) is 0.476. The van der Waals surface area contributed by atoms with E-state index in [4.69, 9.17) is 0 Å². The molecular formula is C30H39FN6O. The number of nitrogens with zero attached hydrogens (tertiary/aromatic N) is 5. The molecule has 0 radical (unpaired) electrons. The second-order valence-electron chi connectivity index (χ2n) is 11.6. The van der Waals surface area contributed by atoms with E-state index < -0.39 is 6.17 Å². The van der Waals surface area contributed by atoms with Gasteiger partial charge in [-0.05, 0) is 80.6 Å². The van der Waals surface area contributed by atoms with Crippen LogP contribution in [0.5, 0.6) is 0 Å². The molecule has 2 aliphatic heterocycles. The lowest BCUT2D eigenvalue weighted by Gasteiger charge is -2.38. The van der Waals surface area contributed by atoms with Gasteiger partial charge in [-0.1, -0.05) is 18.6 Å². The molecule has 1 saturated carbocycles. The van der Waals surface area contributed by atoms with Gasteiger partial charge in [0, 0.05) is 56.3 Å². The highest BCUT2D eigenvalue weighted by molar-refractivity contribution is 5.95. The number of aromatic nitrogens is 3. The molecule has 3 fully saturated rings. The average Bonchev–Trinajstić information content (AvgIpc) is 3.28. The Morgan fingerprint density at radius 2 is 1.79 bits per heavy atom. The Morgan fingerprint density at radius 3 is 2.55 bits per heavy atom. The van der Waals surface area contributed by atoms with Gasteiger partial charge >= 0.3 is 0 Å². The third-order valence-corrected chi connectivity index (χ3v) is 8.81. The van der Waals surface area contributed by atoms with Gasteiger partial charge in [0.2, 0.25) is 5.91 Å². The fourth-order valence-corrected chi connectivity index (χ4v) is 6.45. The van der Waals surface area contributed by atoms with Crippen LogP contribution in [0.4, 0.5) is 10.2 Å². The molecule has 2 aromatic heterocycles. The number of hydrogen-bond donors (Lipinski definition) is 1. The minimum atomic E-state index is -0.645. The van der Waals surface area contributed by atoms with E-state index in [1.807, 2.05) is 30.2 Å². The molecule has 38 heavy (non-hydrogen) atoms. The van der Waals surface area contributed by atoms with E-state index >= 15 is 0 Å². The first-order valence-corrected chi connectivity index (χ1v) is 14.3. The van der Waals surface area contributed by atoms with Gasteiger partial charge in [0.15, 0.2) is 0 Å². The summed E-state index contributed by atoms with van der Waals surface area (Å²) in [5.74, 6) is 1.27. The lowest BCUT2D eigenvalue weighted by atomic mass is 9.81. The Labute approximate surface area is 224 Å². The lowest BCUT2D eigenvalue weighted by Crippen LogP contribution is -2.50. The zero-order chi connectivity index (χ0) is 26.1. The van der Waals surface area contributed by atoms with Crippen LogP contribution >= 0.6 is 0 Å². The molecule has 0 bridgehead atoms. The van der Waals surface area contributed by atoms with Gasteiger partial charge in [0.25, 0.3) is 0 Å². The Bertz CT molecular complexity index is 1270. The van der Waals surface area contributed by atoms with Crippen molar-refractivity contribution in [2.45, 2.75) is 57.7 Å². The number of pyridine rings is 1. The maximum absolute atomic E-state index is 13.1. The minimum absolute atomic E-state index is 0.0214. The van der Waals surface area contributed by atoms with Gasteiger partial charge in [0.1, 0.15) is 12.0 Å². The summed E-state index contributed by atoms with van der Waals surface area (Å²) >= 11 is 0. The third-order valence-electron chi connectivity index (χ3n) is 8.81. The molecule has 4 heterocycles. The largest absolute Gasteiger partial charge is 0.310 e. The topological polar surface area (TPSA) is 66.3 Å². The van der Waals surface area contributed by atoms with Gasteiger partial charge in [-0.15, -0.1) is 0 Å². The second-order valence-corrected chi connectivity index (χ2v) is 11.6. The Kier molecular flexibility index (Phi) is 7.43. The summed E-state index contributed by atoms with van der Waals surface area (Å²) in [6, 6.07) is 8.42. The number of alkyl halides is 1. The van der Waals surface area contributed by atoms with Crippen LogP contribution in [0.1, 0.15) is 50.6 Å². The molecule has 2 saturated heterocycles. The van der Waals surface area contributed by atoms with Crippen LogP contribution in [-0.4, -0.2) is 69.4 Å².